The topological polar surface area (TPSA) is 58.2 Å². The Kier molecular flexibility index (Phi) is 4.96. The van der Waals surface area contributed by atoms with Gasteiger partial charge in [0.15, 0.2) is 0 Å². The summed E-state index contributed by atoms with van der Waals surface area (Å²) in [6.45, 7) is 1.18. The standard InChI is InChI=1S/C14H10ClF3N2O2S/c1-7(21)19-8-2-3-10(9(6-8)14(16,17)18)20-13(22)11-4-5-12(15)23-11/h2-6H,1H3,(H,19,21)(H,20,22). The van der Waals surface area contributed by atoms with Crippen LogP contribution in [0.4, 0.5) is 24.5 Å². The van der Waals surface area contributed by atoms with E-state index in [1.807, 2.05) is 0 Å². The molecule has 1 aromatic heterocycles. The second-order valence-corrected chi connectivity index (χ2v) is 6.21. The zero-order chi connectivity index (χ0) is 17.2. The Morgan fingerprint density at radius 3 is 2.35 bits per heavy atom. The van der Waals surface area contributed by atoms with Gasteiger partial charge in [0.25, 0.3) is 5.91 Å². The van der Waals surface area contributed by atoms with Crippen LogP contribution in [0.3, 0.4) is 0 Å². The van der Waals surface area contributed by atoms with Crippen molar-refractivity contribution < 1.29 is 22.8 Å². The molecule has 1 aromatic carbocycles. The summed E-state index contributed by atoms with van der Waals surface area (Å²) < 4.78 is 39.8. The normalized spacial score (nSPS) is 11.2. The van der Waals surface area contributed by atoms with Gasteiger partial charge in [-0.2, -0.15) is 13.2 Å². The third-order valence-electron chi connectivity index (χ3n) is 2.69. The molecule has 2 amide bonds. The van der Waals surface area contributed by atoms with E-state index in [4.69, 9.17) is 11.6 Å². The van der Waals surface area contributed by atoms with E-state index in [-0.39, 0.29) is 10.6 Å². The van der Waals surface area contributed by atoms with E-state index in [1.165, 1.54) is 25.1 Å². The summed E-state index contributed by atoms with van der Waals surface area (Å²) >= 11 is 6.65. The summed E-state index contributed by atoms with van der Waals surface area (Å²) in [5.41, 5.74) is -1.47. The smallest absolute Gasteiger partial charge is 0.326 e. The van der Waals surface area contributed by atoms with Gasteiger partial charge in [-0.1, -0.05) is 11.6 Å². The van der Waals surface area contributed by atoms with Crippen LogP contribution in [-0.4, -0.2) is 11.8 Å². The molecule has 0 atom stereocenters. The molecule has 0 bridgehead atoms. The van der Waals surface area contributed by atoms with E-state index in [1.54, 1.807) is 0 Å². The first-order chi connectivity index (χ1) is 10.7. The molecule has 0 aliphatic rings. The average molecular weight is 363 g/mol. The Hall–Kier alpha value is -2.06. The molecule has 0 radical (unpaired) electrons. The molecule has 1 heterocycles. The number of hydrogen-bond acceptors (Lipinski definition) is 3. The Labute approximate surface area is 138 Å². The van der Waals surface area contributed by atoms with E-state index in [9.17, 15) is 22.8 Å². The van der Waals surface area contributed by atoms with Gasteiger partial charge in [-0.05, 0) is 30.3 Å². The van der Waals surface area contributed by atoms with Crippen LogP contribution in [0, 0.1) is 0 Å². The van der Waals surface area contributed by atoms with Crippen molar-refractivity contribution >= 4 is 46.1 Å². The van der Waals surface area contributed by atoms with E-state index in [2.05, 4.69) is 10.6 Å². The molecule has 4 nitrogen and oxygen atoms in total. The largest absolute Gasteiger partial charge is 0.418 e. The van der Waals surface area contributed by atoms with Gasteiger partial charge in [0.2, 0.25) is 5.91 Å². The maximum Gasteiger partial charge on any atom is 0.418 e. The molecular formula is C14H10ClF3N2O2S. The zero-order valence-corrected chi connectivity index (χ0v) is 13.2. The number of rotatable bonds is 3. The van der Waals surface area contributed by atoms with Gasteiger partial charge in [-0.25, -0.2) is 0 Å². The third-order valence-corrected chi connectivity index (χ3v) is 3.92. The molecule has 2 rings (SSSR count). The molecule has 0 unspecified atom stereocenters. The highest BCUT2D eigenvalue weighted by molar-refractivity contribution is 7.18. The molecule has 2 N–H and O–H groups in total. The minimum absolute atomic E-state index is 0.0120. The summed E-state index contributed by atoms with van der Waals surface area (Å²) in [4.78, 5) is 23.1. The van der Waals surface area contributed by atoms with Crippen molar-refractivity contribution in [3.05, 3.63) is 45.1 Å². The van der Waals surface area contributed by atoms with Gasteiger partial charge in [0.1, 0.15) is 0 Å². The van der Waals surface area contributed by atoms with E-state index in [0.29, 0.717) is 4.34 Å². The van der Waals surface area contributed by atoms with Crippen molar-refractivity contribution in [1.29, 1.82) is 0 Å². The number of nitrogens with one attached hydrogen (secondary N) is 2. The first-order valence-electron chi connectivity index (χ1n) is 6.22. The van der Waals surface area contributed by atoms with Crippen LogP contribution in [0.15, 0.2) is 30.3 Å². The number of carbonyl (C=O) groups is 2. The van der Waals surface area contributed by atoms with Crippen molar-refractivity contribution in [3.8, 4) is 0 Å². The number of halogens is 4. The maximum absolute atomic E-state index is 13.1. The van der Waals surface area contributed by atoms with Crippen LogP contribution in [0.25, 0.3) is 0 Å². The monoisotopic (exact) mass is 362 g/mol. The number of thiophene rings is 1. The lowest BCUT2D eigenvalue weighted by atomic mass is 10.1. The highest BCUT2D eigenvalue weighted by Crippen LogP contribution is 2.37. The number of amides is 2. The van der Waals surface area contributed by atoms with Gasteiger partial charge in [-0.15, -0.1) is 11.3 Å². The van der Waals surface area contributed by atoms with Crippen molar-refractivity contribution in [2.45, 2.75) is 13.1 Å². The maximum atomic E-state index is 13.1. The van der Waals surface area contributed by atoms with E-state index >= 15 is 0 Å². The third kappa shape index (κ3) is 4.46. The van der Waals surface area contributed by atoms with Crippen LogP contribution >= 0.6 is 22.9 Å². The predicted molar refractivity (Wildman–Crippen MR) is 83.0 cm³/mol. The molecule has 122 valence electrons. The number of carbonyl (C=O) groups excluding carboxylic acids is 2. The quantitative estimate of drug-likeness (QED) is 0.836. The summed E-state index contributed by atoms with van der Waals surface area (Å²) in [6, 6.07) is 6.01. The first-order valence-corrected chi connectivity index (χ1v) is 7.42. The molecule has 0 aliphatic carbocycles. The van der Waals surface area contributed by atoms with Crippen molar-refractivity contribution in [2.24, 2.45) is 0 Å². The summed E-state index contributed by atoms with van der Waals surface area (Å²) in [6.07, 6.45) is -4.69. The molecule has 23 heavy (non-hydrogen) atoms. The molecule has 2 aromatic rings. The molecule has 0 saturated heterocycles. The Morgan fingerprint density at radius 2 is 1.83 bits per heavy atom. The van der Waals surface area contributed by atoms with Gasteiger partial charge >= 0.3 is 6.18 Å². The molecule has 0 aliphatic heterocycles. The Morgan fingerprint density at radius 1 is 1.13 bits per heavy atom. The lowest BCUT2D eigenvalue weighted by Gasteiger charge is -2.15. The van der Waals surface area contributed by atoms with Crippen LogP contribution in [0.2, 0.25) is 4.34 Å². The molecule has 0 saturated carbocycles. The number of hydrogen-bond donors (Lipinski definition) is 2. The zero-order valence-electron chi connectivity index (χ0n) is 11.6. The van der Waals surface area contributed by atoms with Gasteiger partial charge in [-0.3, -0.25) is 9.59 Å². The van der Waals surface area contributed by atoms with Crippen molar-refractivity contribution in [3.63, 3.8) is 0 Å². The van der Waals surface area contributed by atoms with Crippen molar-refractivity contribution in [1.82, 2.24) is 0 Å². The van der Waals surface area contributed by atoms with Crippen LogP contribution in [0.5, 0.6) is 0 Å². The summed E-state index contributed by atoms with van der Waals surface area (Å²) in [5.74, 6) is -1.19. The number of anilines is 2. The second kappa shape index (κ2) is 6.59. The van der Waals surface area contributed by atoms with Gasteiger partial charge in [0, 0.05) is 12.6 Å². The van der Waals surface area contributed by atoms with E-state index < -0.39 is 29.2 Å². The summed E-state index contributed by atoms with van der Waals surface area (Å²) in [7, 11) is 0. The fraction of sp³-hybridized carbons (Fsp3) is 0.143. The van der Waals surface area contributed by atoms with Crippen molar-refractivity contribution in [2.75, 3.05) is 10.6 Å². The fourth-order valence-corrected chi connectivity index (χ4v) is 2.73. The number of benzene rings is 1. The summed E-state index contributed by atoms with van der Waals surface area (Å²) in [5, 5.41) is 4.47. The van der Waals surface area contributed by atoms with Crippen LogP contribution in [-0.2, 0) is 11.0 Å². The van der Waals surface area contributed by atoms with Crippen LogP contribution < -0.4 is 10.6 Å². The molecule has 0 spiro atoms. The first kappa shape index (κ1) is 17.3. The highest BCUT2D eigenvalue weighted by Gasteiger charge is 2.34. The Balaban J connectivity index is 2.33. The predicted octanol–water partition coefficient (Wildman–Crippen LogP) is 4.63. The lowest BCUT2D eigenvalue weighted by molar-refractivity contribution is -0.137. The number of alkyl halides is 3. The molecule has 9 heteroatoms. The average Bonchev–Trinajstić information content (AvgIpc) is 2.85. The second-order valence-electron chi connectivity index (χ2n) is 4.50. The molecule has 0 fully saturated rings. The molecular weight excluding hydrogens is 353 g/mol. The minimum atomic E-state index is -4.69. The SMILES string of the molecule is CC(=O)Nc1ccc(NC(=O)c2ccc(Cl)s2)c(C(F)(F)F)c1. The Bertz CT molecular complexity index is 759. The highest BCUT2D eigenvalue weighted by atomic mass is 35.5. The minimum Gasteiger partial charge on any atom is -0.326 e. The van der Waals surface area contributed by atoms with E-state index in [0.717, 1.165) is 23.5 Å². The fourth-order valence-electron chi connectivity index (χ4n) is 1.79. The lowest BCUT2D eigenvalue weighted by Crippen LogP contribution is -2.16. The van der Waals surface area contributed by atoms with Gasteiger partial charge < -0.3 is 10.6 Å². The van der Waals surface area contributed by atoms with Crippen LogP contribution in [0.1, 0.15) is 22.2 Å². The van der Waals surface area contributed by atoms with Gasteiger partial charge in [0.05, 0.1) is 20.5 Å².